The maximum atomic E-state index is 10.9. The first-order chi connectivity index (χ1) is 8.42. The number of halogens is 1. The van der Waals surface area contributed by atoms with Gasteiger partial charge in [0.15, 0.2) is 0 Å². The van der Waals surface area contributed by atoms with Gasteiger partial charge in [-0.1, -0.05) is 6.92 Å². The molecule has 0 heterocycles. The molecule has 1 aromatic rings. The summed E-state index contributed by atoms with van der Waals surface area (Å²) < 4.78 is 11.4. The lowest BCUT2D eigenvalue weighted by molar-refractivity contribution is -0.141. The van der Waals surface area contributed by atoms with Crippen LogP contribution in [0, 0.1) is 12.8 Å². The summed E-state index contributed by atoms with van der Waals surface area (Å²) in [6.45, 7) is 3.56. The zero-order valence-electron chi connectivity index (χ0n) is 10.9. The summed E-state index contributed by atoms with van der Waals surface area (Å²) >= 11 is 3.42. The van der Waals surface area contributed by atoms with Crippen LogP contribution in [-0.4, -0.2) is 25.3 Å². The topological polar surface area (TPSA) is 55.8 Å². The number of aliphatic carboxylic acids is 1. The maximum absolute atomic E-state index is 10.9. The van der Waals surface area contributed by atoms with Gasteiger partial charge in [-0.2, -0.15) is 0 Å². The lowest BCUT2D eigenvalue weighted by Gasteiger charge is -2.17. The highest BCUT2D eigenvalue weighted by Crippen LogP contribution is 2.38. The molecule has 1 unspecified atom stereocenters. The first kappa shape index (κ1) is 14.8. The maximum Gasteiger partial charge on any atom is 0.306 e. The number of carbonyl (C=O) groups is 1. The summed E-state index contributed by atoms with van der Waals surface area (Å²) in [6.07, 6.45) is 0.419. The average Bonchev–Trinajstić information content (AvgIpc) is 2.29. The van der Waals surface area contributed by atoms with Crippen LogP contribution in [0.5, 0.6) is 11.5 Å². The van der Waals surface area contributed by atoms with E-state index in [2.05, 4.69) is 15.9 Å². The minimum atomic E-state index is -0.818. The fraction of sp³-hybridized carbons (Fsp3) is 0.462. The summed E-state index contributed by atoms with van der Waals surface area (Å²) in [4.78, 5) is 10.9. The molecule has 1 aromatic carbocycles. The summed E-state index contributed by atoms with van der Waals surface area (Å²) in [7, 11) is 3.16. The molecule has 0 spiro atoms. The number of benzene rings is 1. The highest BCUT2D eigenvalue weighted by molar-refractivity contribution is 9.10. The third-order valence-corrected chi connectivity index (χ3v) is 3.44. The molecule has 0 saturated carbocycles. The first-order valence-electron chi connectivity index (χ1n) is 5.55. The number of hydrogen-bond donors (Lipinski definition) is 1. The number of carboxylic acids is 1. The molecule has 1 atom stereocenters. The quantitative estimate of drug-likeness (QED) is 0.907. The highest BCUT2D eigenvalue weighted by atomic mass is 79.9. The zero-order valence-corrected chi connectivity index (χ0v) is 12.5. The van der Waals surface area contributed by atoms with Gasteiger partial charge in [-0.05, 0) is 40.9 Å². The molecule has 0 aliphatic carbocycles. The van der Waals surface area contributed by atoms with Crippen molar-refractivity contribution < 1.29 is 19.4 Å². The standard InChI is InChI=1S/C13H17BrO4/c1-7(13(15)16)5-9-6-10(14)12(18-4)8(2)11(9)17-3/h6-7H,5H2,1-4H3,(H,15,16). The van der Waals surface area contributed by atoms with Gasteiger partial charge in [0.05, 0.1) is 24.6 Å². The van der Waals surface area contributed by atoms with Crippen molar-refractivity contribution >= 4 is 21.9 Å². The Bertz CT molecular complexity index is 457. The van der Waals surface area contributed by atoms with Gasteiger partial charge in [-0.3, -0.25) is 4.79 Å². The van der Waals surface area contributed by atoms with Gasteiger partial charge in [0.1, 0.15) is 11.5 Å². The van der Waals surface area contributed by atoms with Crippen LogP contribution in [0.3, 0.4) is 0 Å². The molecule has 0 fully saturated rings. The van der Waals surface area contributed by atoms with Crippen LogP contribution >= 0.6 is 15.9 Å². The molecule has 0 aliphatic rings. The van der Waals surface area contributed by atoms with E-state index in [0.717, 1.165) is 15.6 Å². The summed E-state index contributed by atoms with van der Waals surface area (Å²) in [6, 6.07) is 1.85. The molecule has 1 N–H and O–H groups in total. The molecule has 0 radical (unpaired) electrons. The molecular weight excluding hydrogens is 300 g/mol. The molecule has 0 bridgehead atoms. The largest absolute Gasteiger partial charge is 0.496 e. The fourth-order valence-electron chi connectivity index (χ4n) is 1.91. The number of rotatable bonds is 5. The zero-order chi connectivity index (χ0) is 13.9. The molecule has 0 aromatic heterocycles. The Labute approximate surface area is 115 Å². The Kier molecular flexibility index (Phi) is 5.02. The third-order valence-electron chi connectivity index (χ3n) is 2.85. The van der Waals surface area contributed by atoms with Crippen molar-refractivity contribution in [3.8, 4) is 11.5 Å². The Balaban J connectivity index is 3.24. The SMILES string of the molecule is COc1c(Br)cc(CC(C)C(=O)O)c(OC)c1C. The van der Waals surface area contributed by atoms with Crippen LogP contribution in [0.15, 0.2) is 10.5 Å². The van der Waals surface area contributed by atoms with E-state index in [9.17, 15) is 4.79 Å². The van der Waals surface area contributed by atoms with E-state index >= 15 is 0 Å². The fourth-order valence-corrected chi connectivity index (χ4v) is 2.65. The number of methoxy groups -OCH3 is 2. The van der Waals surface area contributed by atoms with E-state index in [1.54, 1.807) is 21.1 Å². The number of hydrogen-bond acceptors (Lipinski definition) is 3. The molecule has 5 heteroatoms. The van der Waals surface area contributed by atoms with E-state index in [1.807, 2.05) is 13.0 Å². The second-order valence-corrected chi connectivity index (χ2v) is 5.01. The number of ether oxygens (including phenoxy) is 2. The molecule has 1 rings (SSSR count). The van der Waals surface area contributed by atoms with Gasteiger partial charge < -0.3 is 14.6 Å². The van der Waals surface area contributed by atoms with Crippen LogP contribution in [0.2, 0.25) is 0 Å². The predicted molar refractivity (Wildman–Crippen MR) is 72.5 cm³/mol. The second-order valence-electron chi connectivity index (χ2n) is 4.15. The van der Waals surface area contributed by atoms with E-state index in [1.165, 1.54) is 0 Å². The lowest BCUT2D eigenvalue weighted by Crippen LogP contribution is -2.13. The Hall–Kier alpha value is -1.23. The van der Waals surface area contributed by atoms with Crippen LogP contribution in [-0.2, 0) is 11.2 Å². The Morgan fingerprint density at radius 1 is 1.39 bits per heavy atom. The predicted octanol–water partition coefficient (Wildman–Crippen LogP) is 3.04. The summed E-state index contributed by atoms with van der Waals surface area (Å²) in [5.74, 6) is 0.113. The van der Waals surface area contributed by atoms with Crippen molar-refractivity contribution in [2.75, 3.05) is 14.2 Å². The van der Waals surface area contributed by atoms with Gasteiger partial charge in [0.25, 0.3) is 0 Å². The molecule has 0 amide bonds. The molecule has 100 valence electrons. The molecular formula is C13H17BrO4. The van der Waals surface area contributed by atoms with E-state index in [4.69, 9.17) is 14.6 Å². The van der Waals surface area contributed by atoms with Gasteiger partial charge in [0, 0.05) is 5.56 Å². The average molecular weight is 317 g/mol. The normalized spacial score (nSPS) is 12.1. The monoisotopic (exact) mass is 316 g/mol. The first-order valence-corrected chi connectivity index (χ1v) is 6.34. The van der Waals surface area contributed by atoms with Crippen molar-refractivity contribution in [1.82, 2.24) is 0 Å². The van der Waals surface area contributed by atoms with Crippen molar-refractivity contribution in [3.05, 3.63) is 21.7 Å². The van der Waals surface area contributed by atoms with Crippen LogP contribution in [0.4, 0.5) is 0 Å². The van der Waals surface area contributed by atoms with Crippen LogP contribution < -0.4 is 9.47 Å². The van der Waals surface area contributed by atoms with Crippen molar-refractivity contribution in [3.63, 3.8) is 0 Å². The Morgan fingerprint density at radius 2 is 1.94 bits per heavy atom. The van der Waals surface area contributed by atoms with Gasteiger partial charge in [-0.15, -0.1) is 0 Å². The van der Waals surface area contributed by atoms with Crippen LogP contribution in [0.1, 0.15) is 18.1 Å². The molecule has 0 saturated heterocycles. The molecule has 0 aliphatic heterocycles. The second kappa shape index (κ2) is 6.09. The van der Waals surface area contributed by atoms with E-state index < -0.39 is 11.9 Å². The molecule has 4 nitrogen and oxygen atoms in total. The highest BCUT2D eigenvalue weighted by Gasteiger charge is 2.19. The van der Waals surface area contributed by atoms with Crippen molar-refractivity contribution in [1.29, 1.82) is 0 Å². The minimum Gasteiger partial charge on any atom is -0.496 e. The number of carboxylic acid groups (broad SMARTS) is 1. The van der Waals surface area contributed by atoms with Gasteiger partial charge in [-0.25, -0.2) is 0 Å². The summed E-state index contributed by atoms with van der Waals surface area (Å²) in [5.41, 5.74) is 1.72. The van der Waals surface area contributed by atoms with Gasteiger partial charge >= 0.3 is 5.97 Å². The smallest absolute Gasteiger partial charge is 0.306 e. The summed E-state index contributed by atoms with van der Waals surface area (Å²) in [5, 5.41) is 8.97. The van der Waals surface area contributed by atoms with Crippen molar-refractivity contribution in [2.45, 2.75) is 20.3 Å². The van der Waals surface area contributed by atoms with E-state index in [0.29, 0.717) is 17.9 Å². The van der Waals surface area contributed by atoms with Gasteiger partial charge in [0.2, 0.25) is 0 Å². The Morgan fingerprint density at radius 3 is 2.39 bits per heavy atom. The minimum absolute atomic E-state index is 0.419. The third kappa shape index (κ3) is 2.96. The van der Waals surface area contributed by atoms with E-state index in [-0.39, 0.29) is 0 Å². The van der Waals surface area contributed by atoms with Crippen LogP contribution in [0.25, 0.3) is 0 Å². The van der Waals surface area contributed by atoms with Crippen molar-refractivity contribution in [2.24, 2.45) is 5.92 Å². The molecule has 18 heavy (non-hydrogen) atoms. The lowest BCUT2D eigenvalue weighted by atomic mass is 9.98.